The molecule has 2 aliphatic rings. The van der Waals surface area contributed by atoms with Crippen LogP contribution in [0.5, 0.6) is 0 Å². The lowest BCUT2D eigenvalue weighted by atomic mass is 9.85. The molecule has 0 aromatic carbocycles. The molecule has 12 heavy (non-hydrogen) atoms. The predicted molar refractivity (Wildman–Crippen MR) is 52.1 cm³/mol. The smallest absolute Gasteiger partial charge is 0.00701 e. The molecule has 1 heteroatoms. The van der Waals surface area contributed by atoms with Crippen molar-refractivity contribution < 1.29 is 0 Å². The third kappa shape index (κ3) is 1.52. The molecule has 0 aromatic heterocycles. The number of nitrogens with one attached hydrogen (secondary N) is 1. The molecule has 2 fully saturated rings. The first-order valence-electron chi connectivity index (χ1n) is 5.50. The van der Waals surface area contributed by atoms with Crippen molar-refractivity contribution >= 4 is 0 Å². The van der Waals surface area contributed by atoms with E-state index in [0.717, 1.165) is 23.8 Å². The molecule has 1 aliphatic carbocycles. The summed E-state index contributed by atoms with van der Waals surface area (Å²) in [5.41, 5.74) is 0. The highest BCUT2D eigenvalue weighted by Crippen LogP contribution is 2.39. The van der Waals surface area contributed by atoms with Crippen LogP contribution in [0.2, 0.25) is 0 Å². The molecule has 70 valence electrons. The largest absolute Gasteiger partial charge is 0.314 e. The van der Waals surface area contributed by atoms with Crippen molar-refractivity contribution in [2.24, 2.45) is 17.8 Å². The SMILES string of the molecule is CC1CCC(C2CCNC2C)C1. The van der Waals surface area contributed by atoms with Crippen molar-refractivity contribution in [3.63, 3.8) is 0 Å². The van der Waals surface area contributed by atoms with Crippen LogP contribution in [0.1, 0.15) is 39.5 Å². The highest BCUT2D eigenvalue weighted by molar-refractivity contribution is 4.88. The van der Waals surface area contributed by atoms with E-state index < -0.39 is 0 Å². The molecule has 0 bridgehead atoms. The summed E-state index contributed by atoms with van der Waals surface area (Å²) in [5.74, 6) is 3.04. The summed E-state index contributed by atoms with van der Waals surface area (Å²) in [5, 5.41) is 3.56. The average molecular weight is 167 g/mol. The minimum absolute atomic E-state index is 0.792. The van der Waals surface area contributed by atoms with Gasteiger partial charge in [-0.1, -0.05) is 13.3 Å². The Balaban J connectivity index is 1.91. The molecule has 1 N–H and O–H groups in total. The Labute approximate surface area is 75.9 Å². The van der Waals surface area contributed by atoms with Gasteiger partial charge in [0, 0.05) is 6.04 Å². The van der Waals surface area contributed by atoms with Crippen molar-refractivity contribution in [1.29, 1.82) is 0 Å². The Morgan fingerprint density at radius 3 is 2.42 bits per heavy atom. The fourth-order valence-electron chi connectivity index (χ4n) is 3.16. The molecule has 0 spiro atoms. The predicted octanol–water partition coefficient (Wildman–Crippen LogP) is 2.42. The Morgan fingerprint density at radius 1 is 1.08 bits per heavy atom. The molecule has 1 saturated carbocycles. The Kier molecular flexibility index (Phi) is 2.40. The summed E-state index contributed by atoms with van der Waals surface area (Å²) < 4.78 is 0. The molecular weight excluding hydrogens is 146 g/mol. The molecule has 1 heterocycles. The third-order valence-electron chi connectivity index (χ3n) is 3.93. The maximum Gasteiger partial charge on any atom is 0.00701 e. The lowest BCUT2D eigenvalue weighted by Crippen LogP contribution is -2.26. The van der Waals surface area contributed by atoms with Crippen LogP contribution in [0.25, 0.3) is 0 Å². The van der Waals surface area contributed by atoms with Gasteiger partial charge < -0.3 is 5.32 Å². The molecule has 1 nitrogen and oxygen atoms in total. The van der Waals surface area contributed by atoms with Gasteiger partial charge in [0.1, 0.15) is 0 Å². The Morgan fingerprint density at radius 2 is 1.92 bits per heavy atom. The van der Waals surface area contributed by atoms with Crippen molar-refractivity contribution in [2.75, 3.05) is 6.54 Å². The summed E-state index contributed by atoms with van der Waals surface area (Å²) in [6, 6.07) is 0.792. The maximum atomic E-state index is 3.56. The van der Waals surface area contributed by atoms with Crippen LogP contribution < -0.4 is 5.32 Å². The molecule has 1 saturated heterocycles. The maximum absolute atomic E-state index is 3.56. The van der Waals surface area contributed by atoms with E-state index in [-0.39, 0.29) is 0 Å². The minimum atomic E-state index is 0.792. The van der Waals surface area contributed by atoms with E-state index in [0.29, 0.717) is 0 Å². The summed E-state index contributed by atoms with van der Waals surface area (Å²) >= 11 is 0. The van der Waals surface area contributed by atoms with Gasteiger partial charge in [0.15, 0.2) is 0 Å². The summed E-state index contributed by atoms with van der Waals surface area (Å²) in [7, 11) is 0. The number of hydrogen-bond donors (Lipinski definition) is 1. The van der Waals surface area contributed by atoms with E-state index in [1.807, 2.05) is 0 Å². The van der Waals surface area contributed by atoms with Gasteiger partial charge in [-0.3, -0.25) is 0 Å². The van der Waals surface area contributed by atoms with Crippen LogP contribution in [0.4, 0.5) is 0 Å². The molecule has 1 aliphatic heterocycles. The second-order valence-electron chi connectivity index (χ2n) is 4.87. The van der Waals surface area contributed by atoms with Crippen LogP contribution >= 0.6 is 0 Å². The fourth-order valence-corrected chi connectivity index (χ4v) is 3.16. The van der Waals surface area contributed by atoms with Gasteiger partial charge in [0.25, 0.3) is 0 Å². The molecule has 0 amide bonds. The quantitative estimate of drug-likeness (QED) is 0.632. The van der Waals surface area contributed by atoms with Crippen LogP contribution in [-0.2, 0) is 0 Å². The van der Waals surface area contributed by atoms with Crippen molar-refractivity contribution in [3.05, 3.63) is 0 Å². The number of rotatable bonds is 1. The lowest BCUT2D eigenvalue weighted by molar-refractivity contribution is 0.309. The zero-order chi connectivity index (χ0) is 8.55. The highest BCUT2D eigenvalue weighted by Gasteiger charge is 2.34. The summed E-state index contributed by atoms with van der Waals surface area (Å²) in [6.07, 6.45) is 5.90. The monoisotopic (exact) mass is 167 g/mol. The van der Waals surface area contributed by atoms with Crippen LogP contribution in [0.15, 0.2) is 0 Å². The summed E-state index contributed by atoms with van der Waals surface area (Å²) in [4.78, 5) is 0. The van der Waals surface area contributed by atoms with Crippen molar-refractivity contribution in [2.45, 2.75) is 45.6 Å². The first kappa shape index (κ1) is 8.55. The lowest BCUT2D eigenvalue weighted by Gasteiger charge is -2.22. The number of hydrogen-bond acceptors (Lipinski definition) is 1. The molecule has 0 radical (unpaired) electrons. The Bertz CT molecular complexity index is 155. The zero-order valence-electron chi connectivity index (χ0n) is 8.34. The van der Waals surface area contributed by atoms with E-state index in [4.69, 9.17) is 0 Å². The van der Waals surface area contributed by atoms with E-state index in [1.165, 1.54) is 32.2 Å². The fraction of sp³-hybridized carbons (Fsp3) is 1.00. The van der Waals surface area contributed by atoms with Crippen molar-refractivity contribution in [3.8, 4) is 0 Å². The topological polar surface area (TPSA) is 12.0 Å². The molecular formula is C11H21N. The average Bonchev–Trinajstić information content (AvgIpc) is 2.58. The van der Waals surface area contributed by atoms with Gasteiger partial charge in [-0.25, -0.2) is 0 Å². The van der Waals surface area contributed by atoms with Gasteiger partial charge in [0.05, 0.1) is 0 Å². The van der Waals surface area contributed by atoms with E-state index in [9.17, 15) is 0 Å². The second kappa shape index (κ2) is 3.37. The highest BCUT2D eigenvalue weighted by atomic mass is 14.9. The van der Waals surface area contributed by atoms with Gasteiger partial charge in [-0.15, -0.1) is 0 Å². The molecule has 4 atom stereocenters. The molecule has 4 unspecified atom stereocenters. The Hall–Kier alpha value is -0.0400. The van der Waals surface area contributed by atoms with Crippen LogP contribution in [0.3, 0.4) is 0 Å². The normalized spacial score (nSPS) is 48.5. The van der Waals surface area contributed by atoms with Crippen LogP contribution in [-0.4, -0.2) is 12.6 Å². The van der Waals surface area contributed by atoms with E-state index in [2.05, 4.69) is 19.2 Å². The second-order valence-corrected chi connectivity index (χ2v) is 4.87. The minimum Gasteiger partial charge on any atom is -0.314 e. The van der Waals surface area contributed by atoms with Gasteiger partial charge in [-0.2, -0.15) is 0 Å². The molecule has 2 rings (SSSR count). The van der Waals surface area contributed by atoms with E-state index in [1.54, 1.807) is 0 Å². The molecule has 0 aromatic rings. The standard InChI is InChI=1S/C11H21N/c1-8-3-4-10(7-8)11-5-6-12-9(11)2/h8-12H,3-7H2,1-2H3. The van der Waals surface area contributed by atoms with Gasteiger partial charge in [-0.05, 0) is 50.5 Å². The zero-order valence-corrected chi connectivity index (χ0v) is 8.34. The third-order valence-corrected chi connectivity index (χ3v) is 3.93. The first-order chi connectivity index (χ1) is 5.77. The van der Waals surface area contributed by atoms with Crippen molar-refractivity contribution in [1.82, 2.24) is 5.32 Å². The first-order valence-corrected chi connectivity index (χ1v) is 5.50. The van der Waals surface area contributed by atoms with E-state index >= 15 is 0 Å². The van der Waals surface area contributed by atoms with Gasteiger partial charge in [0.2, 0.25) is 0 Å². The summed E-state index contributed by atoms with van der Waals surface area (Å²) in [6.45, 7) is 6.03. The van der Waals surface area contributed by atoms with Gasteiger partial charge >= 0.3 is 0 Å². The van der Waals surface area contributed by atoms with Crippen LogP contribution in [0, 0.1) is 17.8 Å².